The van der Waals surface area contributed by atoms with Gasteiger partial charge in [0, 0.05) is 0 Å². The summed E-state index contributed by atoms with van der Waals surface area (Å²) in [6.45, 7) is 10.5. The molecule has 9 atom stereocenters. The molecule has 1 heteroatoms. The zero-order chi connectivity index (χ0) is 18.5. The SMILES string of the molecule is CC[C@H]1CC2C3CCC([C@H](C)CCS)C3(C)CC[C@@H]2C2(C)CCCCC12. The van der Waals surface area contributed by atoms with Crippen molar-refractivity contribution >= 4 is 12.6 Å². The van der Waals surface area contributed by atoms with E-state index in [1.807, 2.05) is 0 Å². The van der Waals surface area contributed by atoms with Crippen molar-refractivity contribution in [2.24, 2.45) is 52.3 Å². The van der Waals surface area contributed by atoms with Gasteiger partial charge in [-0.15, -0.1) is 0 Å². The lowest BCUT2D eigenvalue weighted by Gasteiger charge is -2.63. The highest BCUT2D eigenvalue weighted by Crippen LogP contribution is 2.69. The largest absolute Gasteiger partial charge is 0.179 e. The molecule has 4 fully saturated rings. The van der Waals surface area contributed by atoms with Crippen LogP contribution >= 0.6 is 12.6 Å². The molecule has 4 rings (SSSR count). The topological polar surface area (TPSA) is 0 Å². The van der Waals surface area contributed by atoms with E-state index in [0.29, 0.717) is 10.8 Å². The summed E-state index contributed by atoms with van der Waals surface area (Å²) < 4.78 is 0. The molecule has 0 N–H and O–H groups in total. The molecular weight excluding hydrogens is 332 g/mol. The quantitative estimate of drug-likeness (QED) is 0.479. The van der Waals surface area contributed by atoms with Gasteiger partial charge in [0.15, 0.2) is 0 Å². The number of fused-ring (bicyclic) bond motifs is 5. The summed E-state index contributed by atoms with van der Waals surface area (Å²) in [7, 11) is 0. The predicted molar refractivity (Wildman–Crippen MR) is 117 cm³/mol. The van der Waals surface area contributed by atoms with Crippen LogP contribution in [0.15, 0.2) is 0 Å². The van der Waals surface area contributed by atoms with Crippen LogP contribution in [0.4, 0.5) is 0 Å². The van der Waals surface area contributed by atoms with Gasteiger partial charge in [-0.05, 0) is 109 Å². The van der Waals surface area contributed by atoms with Crippen molar-refractivity contribution in [1.29, 1.82) is 0 Å². The first kappa shape index (κ1) is 19.7. The summed E-state index contributed by atoms with van der Waals surface area (Å²) in [6.07, 6.45) is 16.6. The van der Waals surface area contributed by atoms with Gasteiger partial charge < -0.3 is 0 Å². The molecule has 4 aliphatic rings. The van der Waals surface area contributed by atoms with Gasteiger partial charge in [-0.1, -0.05) is 47.0 Å². The molecule has 4 saturated carbocycles. The zero-order valence-electron chi connectivity index (χ0n) is 18.0. The summed E-state index contributed by atoms with van der Waals surface area (Å²) in [5.41, 5.74) is 1.32. The van der Waals surface area contributed by atoms with Gasteiger partial charge in [0.25, 0.3) is 0 Å². The second kappa shape index (κ2) is 7.31. The van der Waals surface area contributed by atoms with E-state index < -0.39 is 0 Å². The molecular formula is C25H44S. The third-order valence-electron chi connectivity index (χ3n) is 10.6. The molecule has 0 aliphatic heterocycles. The van der Waals surface area contributed by atoms with Gasteiger partial charge in [-0.3, -0.25) is 0 Å². The fourth-order valence-corrected chi connectivity index (χ4v) is 9.81. The molecule has 0 heterocycles. The molecule has 0 nitrogen and oxygen atoms in total. The lowest BCUT2D eigenvalue weighted by atomic mass is 9.42. The van der Waals surface area contributed by atoms with Gasteiger partial charge in [-0.25, -0.2) is 0 Å². The van der Waals surface area contributed by atoms with E-state index in [0.717, 1.165) is 47.2 Å². The molecule has 26 heavy (non-hydrogen) atoms. The standard InChI is InChI=1S/C25H44S/c1-5-18-16-19-22-10-9-20(17(2)12-15-26)25(22,4)14-11-23(19)24(3)13-7-6-8-21(18)24/h17-23,26H,5-16H2,1-4H3/t17-,18+,19?,20?,21?,22?,23+,24?,25?/m1/s1. The molecule has 0 saturated heterocycles. The minimum absolute atomic E-state index is 0.639. The Kier molecular flexibility index (Phi) is 5.53. The van der Waals surface area contributed by atoms with E-state index >= 15 is 0 Å². The Hall–Kier alpha value is 0.350. The first-order valence-electron chi connectivity index (χ1n) is 12.1. The van der Waals surface area contributed by atoms with Crippen LogP contribution in [0.2, 0.25) is 0 Å². The molecule has 0 bridgehead atoms. The minimum Gasteiger partial charge on any atom is -0.179 e. The Bertz CT molecular complexity index is 500. The summed E-state index contributed by atoms with van der Waals surface area (Å²) in [5, 5.41) is 0. The van der Waals surface area contributed by atoms with Crippen molar-refractivity contribution in [3.63, 3.8) is 0 Å². The van der Waals surface area contributed by atoms with E-state index in [1.54, 1.807) is 19.3 Å². The second-order valence-electron chi connectivity index (χ2n) is 11.4. The average molecular weight is 377 g/mol. The highest BCUT2D eigenvalue weighted by molar-refractivity contribution is 7.80. The van der Waals surface area contributed by atoms with Gasteiger partial charge in [0.2, 0.25) is 0 Å². The number of hydrogen-bond acceptors (Lipinski definition) is 1. The smallest absolute Gasteiger partial charge is 0.00953 e. The van der Waals surface area contributed by atoms with Crippen molar-refractivity contribution < 1.29 is 0 Å². The average Bonchev–Trinajstić information content (AvgIpc) is 2.98. The van der Waals surface area contributed by atoms with E-state index in [-0.39, 0.29) is 0 Å². The molecule has 0 aromatic heterocycles. The molecule has 0 aromatic rings. The maximum atomic E-state index is 4.56. The van der Waals surface area contributed by atoms with Crippen LogP contribution in [0.25, 0.3) is 0 Å². The third-order valence-corrected chi connectivity index (χ3v) is 10.9. The highest BCUT2D eigenvalue weighted by Gasteiger charge is 2.61. The van der Waals surface area contributed by atoms with Crippen LogP contribution in [0.5, 0.6) is 0 Å². The summed E-state index contributed by atoms with van der Waals surface area (Å²) >= 11 is 4.56. The van der Waals surface area contributed by atoms with Gasteiger partial charge in [0.05, 0.1) is 0 Å². The third kappa shape index (κ3) is 2.84. The first-order chi connectivity index (χ1) is 12.5. The lowest BCUT2D eigenvalue weighted by molar-refractivity contribution is -0.138. The molecule has 0 radical (unpaired) electrons. The van der Waals surface area contributed by atoms with Crippen LogP contribution in [-0.4, -0.2) is 5.75 Å². The fraction of sp³-hybridized carbons (Fsp3) is 1.00. The molecule has 150 valence electrons. The van der Waals surface area contributed by atoms with Gasteiger partial charge >= 0.3 is 0 Å². The van der Waals surface area contributed by atoms with Crippen molar-refractivity contribution in [1.82, 2.24) is 0 Å². The van der Waals surface area contributed by atoms with E-state index in [9.17, 15) is 0 Å². The van der Waals surface area contributed by atoms with Crippen LogP contribution in [0.3, 0.4) is 0 Å². The Balaban J connectivity index is 1.62. The Morgan fingerprint density at radius 3 is 2.42 bits per heavy atom. The Morgan fingerprint density at radius 1 is 0.923 bits per heavy atom. The van der Waals surface area contributed by atoms with Crippen LogP contribution in [0.1, 0.15) is 98.3 Å². The Morgan fingerprint density at radius 2 is 1.69 bits per heavy atom. The fourth-order valence-electron chi connectivity index (χ4n) is 9.40. The monoisotopic (exact) mass is 376 g/mol. The molecule has 0 spiro atoms. The number of rotatable bonds is 4. The van der Waals surface area contributed by atoms with Crippen LogP contribution < -0.4 is 0 Å². The number of thiol groups is 1. The van der Waals surface area contributed by atoms with Crippen LogP contribution in [-0.2, 0) is 0 Å². The summed E-state index contributed by atoms with van der Waals surface area (Å²) in [4.78, 5) is 0. The minimum atomic E-state index is 0.639. The normalized spacial score (nSPS) is 52.0. The van der Waals surface area contributed by atoms with E-state index in [1.165, 1.54) is 51.4 Å². The molecule has 6 unspecified atom stereocenters. The summed E-state index contributed by atoms with van der Waals surface area (Å²) in [6, 6.07) is 0. The van der Waals surface area contributed by atoms with Gasteiger partial charge in [-0.2, -0.15) is 12.6 Å². The predicted octanol–water partition coefficient (Wildman–Crippen LogP) is 7.63. The second-order valence-corrected chi connectivity index (χ2v) is 11.8. The van der Waals surface area contributed by atoms with Crippen molar-refractivity contribution in [3.8, 4) is 0 Å². The van der Waals surface area contributed by atoms with Crippen LogP contribution in [0, 0.1) is 52.3 Å². The number of hydrogen-bond donors (Lipinski definition) is 1. The molecule has 4 aliphatic carbocycles. The summed E-state index contributed by atoms with van der Waals surface area (Å²) in [5.74, 6) is 8.12. The van der Waals surface area contributed by atoms with Crippen molar-refractivity contribution in [2.75, 3.05) is 5.75 Å². The van der Waals surface area contributed by atoms with E-state index in [2.05, 4.69) is 40.3 Å². The first-order valence-corrected chi connectivity index (χ1v) is 12.7. The Labute approximate surface area is 169 Å². The van der Waals surface area contributed by atoms with E-state index in [4.69, 9.17) is 0 Å². The zero-order valence-corrected chi connectivity index (χ0v) is 18.9. The maximum absolute atomic E-state index is 4.56. The van der Waals surface area contributed by atoms with Crippen molar-refractivity contribution in [3.05, 3.63) is 0 Å². The highest BCUT2D eigenvalue weighted by atomic mass is 32.1. The lowest BCUT2D eigenvalue weighted by Crippen LogP contribution is -2.55. The molecule has 0 amide bonds. The van der Waals surface area contributed by atoms with Crippen molar-refractivity contribution in [2.45, 2.75) is 98.3 Å². The molecule has 0 aromatic carbocycles. The maximum Gasteiger partial charge on any atom is -0.00953 e. The van der Waals surface area contributed by atoms with Gasteiger partial charge in [0.1, 0.15) is 0 Å².